The molecule has 0 bridgehead atoms. The monoisotopic (exact) mass is 254 g/mol. The molecule has 0 saturated carbocycles. The number of benzene rings is 1. The molecule has 0 spiro atoms. The van der Waals surface area contributed by atoms with Crippen LogP contribution in [0.5, 0.6) is 0 Å². The van der Waals surface area contributed by atoms with E-state index in [1.807, 2.05) is 26.0 Å². The smallest absolute Gasteiger partial charge is 0.259 e. The average molecular weight is 254 g/mol. The summed E-state index contributed by atoms with van der Waals surface area (Å²) in [5.74, 6) is 0.386. The highest BCUT2D eigenvalue weighted by Gasteiger charge is 2.15. The minimum absolute atomic E-state index is 0.257. The molecule has 1 aromatic carbocycles. The molecule has 0 atom stereocenters. The zero-order valence-corrected chi connectivity index (χ0v) is 10.9. The molecule has 0 fully saturated rings. The van der Waals surface area contributed by atoms with Crippen LogP contribution in [0, 0.1) is 18.3 Å². The molecule has 1 heterocycles. The topological polar surface area (TPSA) is 66.0 Å². The van der Waals surface area contributed by atoms with Crippen LogP contribution in [0.15, 0.2) is 34.9 Å². The van der Waals surface area contributed by atoms with Gasteiger partial charge in [-0.25, -0.2) is 0 Å². The van der Waals surface area contributed by atoms with Crippen LogP contribution in [0.2, 0.25) is 0 Å². The van der Waals surface area contributed by atoms with Gasteiger partial charge in [-0.3, -0.25) is 4.79 Å². The van der Waals surface area contributed by atoms with Gasteiger partial charge in [0.2, 0.25) is 0 Å². The summed E-state index contributed by atoms with van der Waals surface area (Å²) in [6.45, 7) is 3.76. The summed E-state index contributed by atoms with van der Waals surface area (Å²) in [5, 5.41) is 11.9. The van der Waals surface area contributed by atoms with Gasteiger partial charge in [-0.15, -0.1) is 0 Å². The summed E-state index contributed by atoms with van der Waals surface area (Å²) < 4.78 is 5.23. The lowest BCUT2D eigenvalue weighted by Gasteiger charge is -2.08. The van der Waals surface area contributed by atoms with Crippen LogP contribution in [0.4, 0.5) is 5.69 Å². The first-order valence-electron chi connectivity index (χ1n) is 6.04. The second kappa shape index (κ2) is 5.40. The van der Waals surface area contributed by atoms with E-state index in [0.29, 0.717) is 29.0 Å². The van der Waals surface area contributed by atoms with E-state index in [4.69, 9.17) is 9.68 Å². The van der Waals surface area contributed by atoms with Gasteiger partial charge >= 0.3 is 0 Å². The summed E-state index contributed by atoms with van der Waals surface area (Å²) in [6.07, 6.45) is 2.14. The summed E-state index contributed by atoms with van der Waals surface area (Å²) >= 11 is 0. The van der Waals surface area contributed by atoms with Crippen molar-refractivity contribution in [2.75, 3.05) is 5.32 Å². The maximum Gasteiger partial charge on any atom is 0.259 e. The Labute approximate surface area is 111 Å². The zero-order chi connectivity index (χ0) is 13.8. The predicted molar refractivity (Wildman–Crippen MR) is 71.9 cm³/mol. The Morgan fingerprint density at radius 2 is 2.21 bits per heavy atom. The standard InChI is InChI=1S/C15H14N2O2/c1-3-14-11(7-8-19-14)15(18)17-13-6-4-5-10(2)12(13)9-16/h4-8H,3H2,1-2H3,(H,17,18). The number of carbonyl (C=O) groups excluding carboxylic acids is 1. The van der Waals surface area contributed by atoms with Crippen LogP contribution in [-0.2, 0) is 6.42 Å². The Morgan fingerprint density at radius 3 is 2.89 bits per heavy atom. The van der Waals surface area contributed by atoms with Crippen molar-refractivity contribution < 1.29 is 9.21 Å². The van der Waals surface area contributed by atoms with Crippen LogP contribution in [0.1, 0.15) is 34.2 Å². The van der Waals surface area contributed by atoms with Crippen molar-refractivity contribution in [2.45, 2.75) is 20.3 Å². The van der Waals surface area contributed by atoms with Gasteiger partial charge in [0.15, 0.2) is 0 Å². The molecule has 0 aliphatic heterocycles. The molecular weight excluding hydrogens is 240 g/mol. The van der Waals surface area contributed by atoms with Crippen molar-refractivity contribution in [3.8, 4) is 6.07 Å². The van der Waals surface area contributed by atoms with E-state index in [1.165, 1.54) is 6.26 Å². The average Bonchev–Trinajstić information content (AvgIpc) is 2.87. The van der Waals surface area contributed by atoms with E-state index in [9.17, 15) is 4.79 Å². The number of amides is 1. The van der Waals surface area contributed by atoms with Crippen molar-refractivity contribution in [1.29, 1.82) is 5.26 Å². The van der Waals surface area contributed by atoms with Gasteiger partial charge in [0.05, 0.1) is 23.1 Å². The van der Waals surface area contributed by atoms with Gasteiger partial charge in [0.25, 0.3) is 5.91 Å². The lowest BCUT2D eigenvalue weighted by molar-refractivity contribution is 0.102. The lowest BCUT2D eigenvalue weighted by atomic mass is 10.1. The van der Waals surface area contributed by atoms with E-state index in [-0.39, 0.29) is 5.91 Å². The fourth-order valence-corrected chi connectivity index (χ4v) is 1.93. The molecule has 4 heteroatoms. The number of rotatable bonds is 3. The molecule has 4 nitrogen and oxygen atoms in total. The first-order valence-corrected chi connectivity index (χ1v) is 6.04. The van der Waals surface area contributed by atoms with Crippen LogP contribution in [0.3, 0.4) is 0 Å². The van der Waals surface area contributed by atoms with Gasteiger partial charge in [-0.1, -0.05) is 19.1 Å². The second-order valence-corrected chi connectivity index (χ2v) is 4.17. The van der Waals surface area contributed by atoms with E-state index >= 15 is 0 Å². The van der Waals surface area contributed by atoms with Crippen LogP contribution < -0.4 is 5.32 Å². The van der Waals surface area contributed by atoms with E-state index in [1.54, 1.807) is 12.1 Å². The quantitative estimate of drug-likeness (QED) is 0.914. The third kappa shape index (κ3) is 2.50. The highest BCUT2D eigenvalue weighted by Crippen LogP contribution is 2.20. The van der Waals surface area contributed by atoms with Crippen molar-refractivity contribution >= 4 is 11.6 Å². The van der Waals surface area contributed by atoms with Crippen LogP contribution in [-0.4, -0.2) is 5.91 Å². The molecule has 0 unspecified atom stereocenters. The van der Waals surface area contributed by atoms with Gasteiger partial charge in [-0.2, -0.15) is 5.26 Å². The fourth-order valence-electron chi connectivity index (χ4n) is 1.93. The molecule has 0 saturated heterocycles. The first kappa shape index (κ1) is 12.9. The Balaban J connectivity index is 2.30. The zero-order valence-electron chi connectivity index (χ0n) is 10.9. The molecule has 2 aromatic rings. The third-order valence-corrected chi connectivity index (χ3v) is 2.94. The van der Waals surface area contributed by atoms with E-state index in [2.05, 4.69) is 11.4 Å². The number of anilines is 1. The Hall–Kier alpha value is -2.54. The summed E-state index contributed by atoms with van der Waals surface area (Å²) in [5.41, 5.74) is 2.35. The second-order valence-electron chi connectivity index (χ2n) is 4.17. The van der Waals surface area contributed by atoms with Gasteiger partial charge in [-0.05, 0) is 24.6 Å². The number of aryl methyl sites for hydroxylation is 2. The van der Waals surface area contributed by atoms with Gasteiger partial charge in [0, 0.05) is 6.42 Å². The van der Waals surface area contributed by atoms with Crippen molar-refractivity contribution in [2.24, 2.45) is 0 Å². The van der Waals surface area contributed by atoms with Crippen molar-refractivity contribution in [1.82, 2.24) is 0 Å². The predicted octanol–water partition coefficient (Wildman–Crippen LogP) is 3.27. The normalized spacial score (nSPS) is 9.95. The highest BCUT2D eigenvalue weighted by atomic mass is 16.3. The Bertz CT molecular complexity index is 650. The Kier molecular flexibility index (Phi) is 3.67. The number of hydrogen-bond acceptors (Lipinski definition) is 3. The molecule has 0 radical (unpaired) electrons. The minimum atomic E-state index is -0.257. The van der Waals surface area contributed by atoms with Crippen molar-refractivity contribution in [3.05, 3.63) is 53.0 Å². The fraction of sp³-hybridized carbons (Fsp3) is 0.200. The molecule has 2 rings (SSSR count). The SMILES string of the molecule is CCc1occc1C(=O)Nc1cccc(C)c1C#N. The third-order valence-electron chi connectivity index (χ3n) is 2.94. The number of furan rings is 1. The Morgan fingerprint density at radius 1 is 1.42 bits per heavy atom. The lowest BCUT2D eigenvalue weighted by Crippen LogP contribution is -2.14. The summed E-state index contributed by atoms with van der Waals surface area (Å²) in [4.78, 5) is 12.2. The molecule has 1 N–H and O–H groups in total. The number of hydrogen-bond donors (Lipinski definition) is 1. The molecule has 19 heavy (non-hydrogen) atoms. The largest absolute Gasteiger partial charge is 0.469 e. The first-order chi connectivity index (χ1) is 9.17. The molecule has 1 amide bonds. The number of nitrogens with zero attached hydrogens (tertiary/aromatic N) is 1. The number of nitriles is 1. The molecule has 1 aromatic heterocycles. The molecule has 0 aliphatic rings. The van der Waals surface area contributed by atoms with Crippen LogP contribution >= 0.6 is 0 Å². The molecule has 0 aliphatic carbocycles. The van der Waals surface area contributed by atoms with Gasteiger partial charge < -0.3 is 9.73 Å². The maximum absolute atomic E-state index is 12.2. The minimum Gasteiger partial charge on any atom is -0.469 e. The highest BCUT2D eigenvalue weighted by molar-refractivity contribution is 6.05. The maximum atomic E-state index is 12.2. The van der Waals surface area contributed by atoms with E-state index < -0.39 is 0 Å². The van der Waals surface area contributed by atoms with Gasteiger partial charge in [0.1, 0.15) is 11.8 Å². The summed E-state index contributed by atoms with van der Waals surface area (Å²) in [7, 11) is 0. The van der Waals surface area contributed by atoms with Crippen molar-refractivity contribution in [3.63, 3.8) is 0 Å². The van der Waals surface area contributed by atoms with E-state index in [0.717, 1.165) is 5.56 Å². The number of carbonyl (C=O) groups is 1. The van der Waals surface area contributed by atoms with Crippen LogP contribution in [0.25, 0.3) is 0 Å². The molecular formula is C15H14N2O2. The molecule has 96 valence electrons. The number of nitrogens with one attached hydrogen (secondary N) is 1. The summed E-state index contributed by atoms with van der Waals surface area (Å²) in [6, 6.07) is 9.10.